The number of piperidine rings is 1. The van der Waals surface area contributed by atoms with Gasteiger partial charge in [0.2, 0.25) is 5.89 Å². The molecule has 1 aromatic carbocycles. The Bertz CT molecular complexity index is 588. The Morgan fingerprint density at radius 2 is 2.00 bits per heavy atom. The lowest BCUT2D eigenvalue weighted by molar-refractivity contribution is 0.175. The molecule has 0 saturated carbocycles. The van der Waals surface area contributed by atoms with Crippen LogP contribution >= 0.6 is 11.6 Å². The quantitative estimate of drug-likeness (QED) is 0.916. The van der Waals surface area contributed by atoms with Gasteiger partial charge in [0, 0.05) is 17.1 Å². The highest BCUT2D eigenvalue weighted by Crippen LogP contribution is 2.22. The van der Waals surface area contributed by atoms with Crippen LogP contribution in [0.5, 0.6) is 0 Å². The van der Waals surface area contributed by atoms with E-state index in [1.807, 2.05) is 31.3 Å². The zero-order chi connectivity index (χ0) is 15.4. The van der Waals surface area contributed by atoms with E-state index in [2.05, 4.69) is 15.2 Å². The molecule has 2 aromatic rings. The summed E-state index contributed by atoms with van der Waals surface area (Å²) >= 11 is 5.91. The molecular formula is C17H22ClN3O. The number of oxazole rings is 1. The molecule has 4 nitrogen and oxygen atoms in total. The number of likely N-dealkylation sites (tertiary alicyclic amines) is 1. The second-order valence-corrected chi connectivity index (χ2v) is 6.36. The first kappa shape index (κ1) is 15.5. The minimum Gasteiger partial charge on any atom is -0.444 e. The Balaban J connectivity index is 1.57. The smallest absolute Gasteiger partial charge is 0.226 e. The van der Waals surface area contributed by atoms with Crippen molar-refractivity contribution >= 4 is 11.6 Å². The second kappa shape index (κ2) is 7.27. The second-order valence-electron chi connectivity index (χ2n) is 5.93. The number of halogens is 1. The number of aromatic nitrogens is 1. The van der Waals surface area contributed by atoms with E-state index >= 15 is 0 Å². The number of rotatable bonds is 5. The average molecular weight is 320 g/mol. The Kier molecular flexibility index (Phi) is 5.13. The molecule has 1 N–H and O–H groups in total. The van der Waals surface area contributed by atoms with Gasteiger partial charge >= 0.3 is 0 Å². The largest absolute Gasteiger partial charge is 0.444 e. The van der Waals surface area contributed by atoms with E-state index in [-0.39, 0.29) is 0 Å². The molecule has 0 aliphatic carbocycles. The van der Waals surface area contributed by atoms with Crippen LogP contribution in [0.15, 0.2) is 34.9 Å². The Labute approximate surface area is 136 Å². The first-order chi connectivity index (χ1) is 10.7. The van der Waals surface area contributed by atoms with Crippen molar-refractivity contribution in [2.75, 3.05) is 26.7 Å². The minimum atomic E-state index is 0.664. The fraction of sp³-hybridized carbons (Fsp3) is 0.471. The first-order valence-corrected chi connectivity index (χ1v) is 8.19. The van der Waals surface area contributed by atoms with Crippen LogP contribution in [0, 0.1) is 5.92 Å². The van der Waals surface area contributed by atoms with E-state index in [0.717, 1.165) is 48.4 Å². The van der Waals surface area contributed by atoms with Gasteiger partial charge in [0.25, 0.3) is 0 Å². The van der Waals surface area contributed by atoms with Gasteiger partial charge in [0.15, 0.2) is 0 Å². The molecule has 0 atom stereocenters. The van der Waals surface area contributed by atoms with Crippen molar-refractivity contribution in [1.29, 1.82) is 0 Å². The highest BCUT2D eigenvalue weighted by molar-refractivity contribution is 6.30. The number of hydrogen-bond donors (Lipinski definition) is 1. The fourth-order valence-corrected chi connectivity index (χ4v) is 3.10. The zero-order valence-electron chi connectivity index (χ0n) is 12.9. The summed E-state index contributed by atoms with van der Waals surface area (Å²) in [6, 6.07) is 7.57. The third-order valence-corrected chi connectivity index (χ3v) is 4.48. The first-order valence-electron chi connectivity index (χ1n) is 7.82. The van der Waals surface area contributed by atoms with Crippen LogP contribution in [0.1, 0.15) is 18.5 Å². The van der Waals surface area contributed by atoms with Crippen molar-refractivity contribution in [3.8, 4) is 11.5 Å². The maximum atomic E-state index is 5.91. The molecule has 1 aromatic heterocycles. The van der Waals surface area contributed by atoms with Crippen molar-refractivity contribution in [1.82, 2.24) is 15.2 Å². The standard InChI is InChI=1S/C17H22ClN3O/c1-19-10-13-6-8-21(9-7-13)11-16-12-22-17(20-16)14-2-4-15(18)5-3-14/h2-5,12-13,19H,6-11H2,1H3. The molecule has 22 heavy (non-hydrogen) atoms. The lowest BCUT2D eigenvalue weighted by atomic mass is 9.97. The van der Waals surface area contributed by atoms with Gasteiger partial charge in [-0.25, -0.2) is 4.98 Å². The van der Waals surface area contributed by atoms with Crippen LogP contribution in [0.25, 0.3) is 11.5 Å². The number of hydrogen-bond acceptors (Lipinski definition) is 4. The van der Waals surface area contributed by atoms with E-state index in [0.29, 0.717) is 5.89 Å². The van der Waals surface area contributed by atoms with Crippen molar-refractivity contribution in [3.63, 3.8) is 0 Å². The van der Waals surface area contributed by atoms with E-state index in [4.69, 9.17) is 16.0 Å². The molecule has 0 unspecified atom stereocenters. The van der Waals surface area contributed by atoms with Gasteiger partial charge in [0.1, 0.15) is 6.26 Å². The fourth-order valence-electron chi connectivity index (χ4n) is 2.97. The zero-order valence-corrected chi connectivity index (χ0v) is 13.6. The van der Waals surface area contributed by atoms with E-state index in [1.54, 1.807) is 6.26 Å². The van der Waals surface area contributed by atoms with E-state index in [9.17, 15) is 0 Å². The number of nitrogens with one attached hydrogen (secondary N) is 1. The van der Waals surface area contributed by atoms with Gasteiger partial charge in [-0.15, -0.1) is 0 Å². The van der Waals surface area contributed by atoms with Crippen LogP contribution < -0.4 is 5.32 Å². The normalized spacial score (nSPS) is 17.0. The predicted octanol–water partition coefficient (Wildman–Crippen LogP) is 3.43. The molecule has 118 valence electrons. The van der Waals surface area contributed by atoms with Gasteiger partial charge < -0.3 is 9.73 Å². The van der Waals surface area contributed by atoms with Crippen LogP contribution in [-0.2, 0) is 6.54 Å². The highest BCUT2D eigenvalue weighted by Gasteiger charge is 2.19. The molecular weight excluding hydrogens is 298 g/mol. The summed E-state index contributed by atoms with van der Waals surface area (Å²) in [6.07, 6.45) is 4.27. The molecule has 1 aliphatic rings. The van der Waals surface area contributed by atoms with E-state index < -0.39 is 0 Å². The number of nitrogens with zero attached hydrogens (tertiary/aromatic N) is 2. The Morgan fingerprint density at radius 1 is 1.27 bits per heavy atom. The summed E-state index contributed by atoms with van der Waals surface area (Å²) in [6.45, 7) is 4.26. The molecule has 1 fully saturated rings. The molecule has 2 heterocycles. The summed E-state index contributed by atoms with van der Waals surface area (Å²) < 4.78 is 5.60. The van der Waals surface area contributed by atoms with Crippen molar-refractivity contribution < 1.29 is 4.42 Å². The molecule has 0 radical (unpaired) electrons. The predicted molar refractivity (Wildman–Crippen MR) is 88.9 cm³/mol. The molecule has 0 bridgehead atoms. The summed E-state index contributed by atoms with van der Waals surface area (Å²) in [7, 11) is 2.03. The lowest BCUT2D eigenvalue weighted by Gasteiger charge is -2.31. The average Bonchev–Trinajstić information content (AvgIpc) is 2.99. The Hall–Kier alpha value is -1.36. The molecule has 0 amide bonds. The van der Waals surface area contributed by atoms with Crippen molar-refractivity contribution in [2.45, 2.75) is 19.4 Å². The highest BCUT2D eigenvalue weighted by atomic mass is 35.5. The third-order valence-electron chi connectivity index (χ3n) is 4.23. The molecule has 3 rings (SSSR count). The van der Waals surface area contributed by atoms with Gasteiger partial charge in [-0.1, -0.05) is 11.6 Å². The third kappa shape index (κ3) is 3.88. The number of benzene rings is 1. The topological polar surface area (TPSA) is 41.3 Å². The van der Waals surface area contributed by atoms with Crippen LogP contribution in [0.4, 0.5) is 0 Å². The maximum absolute atomic E-state index is 5.91. The van der Waals surface area contributed by atoms with Crippen molar-refractivity contribution in [2.24, 2.45) is 5.92 Å². The minimum absolute atomic E-state index is 0.664. The molecule has 1 saturated heterocycles. The molecule has 5 heteroatoms. The van der Waals surface area contributed by atoms with E-state index in [1.165, 1.54) is 12.8 Å². The summed E-state index contributed by atoms with van der Waals surface area (Å²) in [5, 5.41) is 3.99. The van der Waals surface area contributed by atoms with Crippen LogP contribution in [-0.4, -0.2) is 36.6 Å². The maximum Gasteiger partial charge on any atom is 0.226 e. The SMILES string of the molecule is CNCC1CCN(Cc2coc(-c3ccc(Cl)cc3)n2)CC1. The van der Waals surface area contributed by atoms with Gasteiger partial charge in [0.05, 0.1) is 5.69 Å². The van der Waals surface area contributed by atoms with Crippen molar-refractivity contribution in [3.05, 3.63) is 41.2 Å². The summed E-state index contributed by atoms with van der Waals surface area (Å²) in [4.78, 5) is 7.05. The van der Waals surface area contributed by atoms with Crippen LogP contribution in [0.3, 0.4) is 0 Å². The van der Waals surface area contributed by atoms with Gasteiger partial charge in [-0.05, 0) is 69.7 Å². The summed E-state index contributed by atoms with van der Waals surface area (Å²) in [5.74, 6) is 1.47. The van der Waals surface area contributed by atoms with Crippen LogP contribution in [0.2, 0.25) is 5.02 Å². The molecule has 0 spiro atoms. The molecule has 1 aliphatic heterocycles. The lowest BCUT2D eigenvalue weighted by Crippen LogP contribution is -2.36. The van der Waals surface area contributed by atoms with Gasteiger partial charge in [-0.3, -0.25) is 4.90 Å². The van der Waals surface area contributed by atoms with Gasteiger partial charge in [-0.2, -0.15) is 0 Å². The monoisotopic (exact) mass is 319 g/mol. The Morgan fingerprint density at radius 3 is 2.68 bits per heavy atom. The summed E-state index contributed by atoms with van der Waals surface area (Å²) in [5.41, 5.74) is 1.96.